The highest BCUT2D eigenvalue weighted by molar-refractivity contribution is 5.92. The van der Waals surface area contributed by atoms with Crippen LogP contribution in [0.4, 0.5) is 0 Å². The molecule has 6 heteroatoms. The number of para-hydroxylation sites is 1. The lowest BCUT2D eigenvalue weighted by Crippen LogP contribution is -2.10. The summed E-state index contributed by atoms with van der Waals surface area (Å²) in [5.41, 5.74) is 3.78. The molecule has 0 aliphatic carbocycles. The third-order valence-corrected chi connectivity index (χ3v) is 4.01. The van der Waals surface area contributed by atoms with Gasteiger partial charge >= 0.3 is 0 Å². The lowest BCUT2D eigenvalue weighted by atomic mass is 10.1. The van der Waals surface area contributed by atoms with E-state index in [-0.39, 0.29) is 6.04 Å². The highest BCUT2D eigenvalue weighted by atomic mass is 15.4. The van der Waals surface area contributed by atoms with E-state index in [4.69, 9.17) is 0 Å². The summed E-state index contributed by atoms with van der Waals surface area (Å²) in [6.45, 7) is 2.10. The fourth-order valence-corrected chi connectivity index (χ4v) is 2.77. The third kappa shape index (κ3) is 2.74. The molecule has 0 saturated heterocycles. The predicted octanol–water partition coefficient (Wildman–Crippen LogP) is 3.09. The smallest absolute Gasteiger partial charge is 0.113 e. The van der Waals surface area contributed by atoms with Crippen LogP contribution in [0.25, 0.3) is 22.2 Å². The normalized spacial score (nSPS) is 12.4. The van der Waals surface area contributed by atoms with Gasteiger partial charge in [-0.1, -0.05) is 23.4 Å². The molecule has 1 atom stereocenters. The van der Waals surface area contributed by atoms with Crippen LogP contribution in [-0.2, 0) is 6.42 Å². The second kappa shape index (κ2) is 6.16. The number of hydrogen-bond acceptors (Lipinski definition) is 5. The molecule has 3 aromatic heterocycles. The Hall–Kier alpha value is -3.15. The SMILES string of the molecule is CC(Cc1cnccn1)n1cc(-c2ccnc3ccccc23)nn1. The Balaban J connectivity index is 1.64. The number of aromatic nitrogens is 6. The van der Waals surface area contributed by atoms with Gasteiger partial charge < -0.3 is 0 Å². The van der Waals surface area contributed by atoms with Crippen molar-refractivity contribution in [3.8, 4) is 11.3 Å². The topological polar surface area (TPSA) is 69.4 Å². The van der Waals surface area contributed by atoms with Crippen molar-refractivity contribution in [1.29, 1.82) is 0 Å². The fourth-order valence-electron chi connectivity index (χ4n) is 2.77. The Bertz CT molecular complexity index is 958. The van der Waals surface area contributed by atoms with Crippen LogP contribution in [0, 0.1) is 0 Å². The van der Waals surface area contributed by atoms with Crippen molar-refractivity contribution in [2.45, 2.75) is 19.4 Å². The molecule has 0 bridgehead atoms. The Morgan fingerprint density at radius 2 is 1.96 bits per heavy atom. The molecule has 24 heavy (non-hydrogen) atoms. The Morgan fingerprint density at radius 1 is 1.04 bits per heavy atom. The average Bonchev–Trinajstić information content (AvgIpc) is 3.12. The number of fused-ring (bicyclic) bond motifs is 1. The van der Waals surface area contributed by atoms with Gasteiger partial charge in [0.15, 0.2) is 0 Å². The largest absolute Gasteiger partial charge is 0.261 e. The maximum atomic E-state index is 4.39. The molecule has 0 aliphatic rings. The first-order chi connectivity index (χ1) is 11.8. The van der Waals surface area contributed by atoms with Gasteiger partial charge in [-0.25, -0.2) is 4.68 Å². The highest BCUT2D eigenvalue weighted by Crippen LogP contribution is 2.26. The fraction of sp³-hybridized carbons (Fsp3) is 0.167. The molecule has 6 nitrogen and oxygen atoms in total. The Kier molecular flexibility index (Phi) is 3.70. The first-order valence-electron chi connectivity index (χ1n) is 7.82. The van der Waals surface area contributed by atoms with E-state index in [0.29, 0.717) is 0 Å². The van der Waals surface area contributed by atoms with E-state index in [1.54, 1.807) is 24.8 Å². The maximum absolute atomic E-state index is 4.39. The zero-order valence-electron chi connectivity index (χ0n) is 13.2. The molecule has 0 spiro atoms. The van der Waals surface area contributed by atoms with E-state index in [0.717, 1.165) is 34.3 Å². The molecule has 0 N–H and O–H groups in total. The van der Waals surface area contributed by atoms with Gasteiger partial charge in [-0.3, -0.25) is 15.0 Å². The molecule has 1 aromatic carbocycles. The number of pyridine rings is 1. The van der Waals surface area contributed by atoms with Gasteiger partial charge in [0.05, 0.1) is 23.4 Å². The van der Waals surface area contributed by atoms with Gasteiger partial charge in [0, 0.05) is 42.2 Å². The maximum Gasteiger partial charge on any atom is 0.113 e. The highest BCUT2D eigenvalue weighted by Gasteiger charge is 2.12. The summed E-state index contributed by atoms with van der Waals surface area (Å²) in [6, 6.07) is 10.2. The second-order valence-electron chi connectivity index (χ2n) is 5.71. The minimum absolute atomic E-state index is 0.149. The zero-order valence-corrected chi connectivity index (χ0v) is 13.2. The van der Waals surface area contributed by atoms with Crippen LogP contribution < -0.4 is 0 Å². The lowest BCUT2D eigenvalue weighted by molar-refractivity contribution is 0.469. The summed E-state index contributed by atoms with van der Waals surface area (Å²) in [6.07, 6.45) is 9.70. The standard InChI is InChI=1S/C18H16N6/c1-13(10-14-11-19-8-9-20-14)24-12-18(22-23-24)16-6-7-21-17-5-3-2-4-15(16)17/h2-9,11-13H,10H2,1H3. The molecule has 1 unspecified atom stereocenters. The van der Waals surface area contributed by atoms with Gasteiger partial charge in [-0.05, 0) is 19.1 Å². The second-order valence-corrected chi connectivity index (χ2v) is 5.71. The molecular formula is C18H16N6. The summed E-state index contributed by atoms with van der Waals surface area (Å²) in [7, 11) is 0. The van der Waals surface area contributed by atoms with Crippen molar-refractivity contribution in [3.63, 3.8) is 0 Å². The summed E-state index contributed by atoms with van der Waals surface area (Å²) < 4.78 is 1.87. The van der Waals surface area contributed by atoms with E-state index < -0.39 is 0 Å². The van der Waals surface area contributed by atoms with E-state index in [1.807, 2.05) is 35.1 Å². The van der Waals surface area contributed by atoms with Crippen LogP contribution in [0.5, 0.6) is 0 Å². The molecule has 0 radical (unpaired) electrons. The van der Waals surface area contributed by atoms with Gasteiger partial charge in [0.25, 0.3) is 0 Å². The number of rotatable bonds is 4. The first-order valence-corrected chi connectivity index (χ1v) is 7.82. The van der Waals surface area contributed by atoms with Crippen molar-refractivity contribution in [2.75, 3.05) is 0 Å². The number of nitrogens with zero attached hydrogens (tertiary/aromatic N) is 6. The molecule has 3 heterocycles. The molecule has 0 aliphatic heterocycles. The van der Waals surface area contributed by atoms with Gasteiger partial charge in [-0.2, -0.15) is 0 Å². The summed E-state index contributed by atoms with van der Waals surface area (Å²) in [5.74, 6) is 0. The molecule has 4 aromatic rings. The monoisotopic (exact) mass is 316 g/mol. The van der Waals surface area contributed by atoms with Crippen molar-refractivity contribution < 1.29 is 0 Å². The number of hydrogen-bond donors (Lipinski definition) is 0. The summed E-state index contributed by atoms with van der Waals surface area (Å²) in [4.78, 5) is 12.8. The van der Waals surface area contributed by atoms with E-state index >= 15 is 0 Å². The summed E-state index contributed by atoms with van der Waals surface area (Å²) >= 11 is 0. The van der Waals surface area contributed by atoms with Crippen molar-refractivity contribution >= 4 is 10.9 Å². The minimum Gasteiger partial charge on any atom is -0.261 e. The van der Waals surface area contributed by atoms with E-state index in [2.05, 4.69) is 38.3 Å². The van der Waals surface area contributed by atoms with Crippen molar-refractivity contribution in [2.24, 2.45) is 0 Å². The Morgan fingerprint density at radius 3 is 2.83 bits per heavy atom. The van der Waals surface area contributed by atoms with Gasteiger partial charge in [0.1, 0.15) is 5.69 Å². The average molecular weight is 316 g/mol. The quantitative estimate of drug-likeness (QED) is 0.578. The van der Waals surface area contributed by atoms with Crippen LogP contribution >= 0.6 is 0 Å². The van der Waals surface area contributed by atoms with Crippen LogP contribution in [0.3, 0.4) is 0 Å². The van der Waals surface area contributed by atoms with Crippen molar-refractivity contribution in [1.82, 2.24) is 29.9 Å². The zero-order chi connectivity index (χ0) is 16.4. The van der Waals surface area contributed by atoms with Gasteiger partial charge in [0.2, 0.25) is 0 Å². The predicted molar refractivity (Wildman–Crippen MR) is 91.2 cm³/mol. The van der Waals surface area contributed by atoms with Crippen molar-refractivity contribution in [3.05, 3.63) is 67.0 Å². The van der Waals surface area contributed by atoms with Gasteiger partial charge in [-0.15, -0.1) is 5.10 Å². The first kappa shape index (κ1) is 14.4. The van der Waals surface area contributed by atoms with E-state index in [9.17, 15) is 0 Å². The molecule has 4 rings (SSSR count). The third-order valence-electron chi connectivity index (χ3n) is 4.01. The Labute approximate surface area is 139 Å². The van der Waals surface area contributed by atoms with Crippen LogP contribution in [0.2, 0.25) is 0 Å². The van der Waals surface area contributed by atoms with Crippen LogP contribution in [-0.4, -0.2) is 29.9 Å². The molecule has 0 fully saturated rings. The molecule has 0 saturated carbocycles. The van der Waals surface area contributed by atoms with Crippen LogP contribution in [0.15, 0.2) is 61.3 Å². The van der Waals surface area contributed by atoms with Crippen LogP contribution in [0.1, 0.15) is 18.7 Å². The molecule has 0 amide bonds. The number of benzene rings is 1. The minimum atomic E-state index is 0.149. The van der Waals surface area contributed by atoms with E-state index in [1.165, 1.54) is 0 Å². The lowest BCUT2D eigenvalue weighted by Gasteiger charge is -2.09. The molecular weight excluding hydrogens is 300 g/mol. The molecule has 118 valence electrons. The summed E-state index contributed by atoms with van der Waals surface area (Å²) in [5, 5.41) is 9.72.